The first-order valence-electron chi connectivity index (χ1n) is 14.0. The van der Waals surface area contributed by atoms with Crippen LogP contribution in [0.2, 0.25) is 0 Å². The van der Waals surface area contributed by atoms with Gasteiger partial charge >= 0.3 is 0 Å². The summed E-state index contributed by atoms with van der Waals surface area (Å²) in [6.07, 6.45) is 3.14. The van der Waals surface area contributed by atoms with E-state index in [0.717, 1.165) is 39.7 Å². The molecule has 2 saturated heterocycles. The molecule has 0 radical (unpaired) electrons. The molecule has 4 aliphatic heterocycles. The van der Waals surface area contributed by atoms with Crippen LogP contribution < -0.4 is 25.0 Å². The Hall–Kier alpha value is -4.63. The number of hydrogen-bond donors (Lipinski definition) is 3. The minimum atomic E-state index is -1.36. The monoisotopic (exact) mass is 548 g/mol. The zero-order valence-corrected chi connectivity index (χ0v) is 22.4. The summed E-state index contributed by atoms with van der Waals surface area (Å²) in [5.74, 6) is -1.60. The first-order valence-corrected chi connectivity index (χ1v) is 14.0. The molecule has 1 aromatic heterocycles. The molecule has 206 valence electrons. The SMILES string of the molecule is CCc1cccc2c1NC(=O)[C@@]21N[C@H](Cc2c[nH]c3ccccc23)[C@H]2C(=O)N(c3ccc4c(c3)OCCO4)C(=O)[C@@H]21. The van der Waals surface area contributed by atoms with Gasteiger partial charge in [-0.1, -0.05) is 43.3 Å². The molecule has 4 atom stereocenters. The van der Waals surface area contributed by atoms with E-state index >= 15 is 0 Å². The van der Waals surface area contributed by atoms with Gasteiger partial charge in [-0.3, -0.25) is 19.7 Å². The average molecular weight is 549 g/mol. The number of aromatic nitrogens is 1. The number of aromatic amines is 1. The Labute approximate surface area is 235 Å². The van der Waals surface area contributed by atoms with Crippen LogP contribution in [0.1, 0.15) is 23.6 Å². The molecular weight excluding hydrogens is 520 g/mol. The lowest BCUT2D eigenvalue weighted by atomic mass is 9.76. The molecule has 8 rings (SSSR count). The summed E-state index contributed by atoms with van der Waals surface area (Å²) >= 11 is 0. The third kappa shape index (κ3) is 3.23. The molecule has 5 heterocycles. The standard InChI is InChI=1S/C32H28N4O5/c1-2-17-6-5-8-21-28(17)34-31(39)32(21)27-26(23(35-32)14-18-16-33-22-9-4-3-7-20(18)22)29(37)36(30(27)38)19-10-11-24-25(15-19)41-13-12-40-24/h3-11,15-16,23,26-27,33,35H,2,12-14H2,1H3,(H,34,39)/t23-,26-,27-,32-/m1/s1. The molecule has 41 heavy (non-hydrogen) atoms. The number of para-hydroxylation sites is 2. The van der Waals surface area contributed by atoms with Crippen LogP contribution in [-0.2, 0) is 32.8 Å². The highest BCUT2D eigenvalue weighted by Crippen LogP contribution is 2.55. The normalized spacial score (nSPS) is 26.1. The quantitative estimate of drug-likeness (QED) is 0.336. The summed E-state index contributed by atoms with van der Waals surface area (Å²) in [5.41, 5.74) is 3.52. The van der Waals surface area contributed by atoms with Crippen molar-refractivity contribution in [2.75, 3.05) is 23.4 Å². The van der Waals surface area contributed by atoms with E-state index in [1.807, 2.05) is 55.6 Å². The molecule has 3 N–H and O–H groups in total. The number of nitrogens with zero attached hydrogens (tertiary/aromatic N) is 1. The van der Waals surface area contributed by atoms with Crippen molar-refractivity contribution >= 4 is 40.0 Å². The Morgan fingerprint density at radius 2 is 1.76 bits per heavy atom. The van der Waals surface area contributed by atoms with Crippen molar-refractivity contribution < 1.29 is 23.9 Å². The van der Waals surface area contributed by atoms with Crippen molar-refractivity contribution in [3.05, 3.63) is 83.6 Å². The molecule has 2 fully saturated rings. The molecule has 0 bridgehead atoms. The summed E-state index contributed by atoms with van der Waals surface area (Å²) in [6, 6.07) is 18.4. The molecule has 3 amide bonds. The van der Waals surface area contributed by atoms with Crippen LogP contribution in [0, 0.1) is 11.8 Å². The molecule has 9 heteroatoms. The zero-order chi connectivity index (χ0) is 27.9. The number of hydrogen-bond acceptors (Lipinski definition) is 6. The number of anilines is 2. The van der Waals surface area contributed by atoms with Crippen LogP contribution in [0.15, 0.2) is 66.9 Å². The molecule has 0 aliphatic carbocycles. The molecular formula is C32H28N4O5. The maximum Gasteiger partial charge on any atom is 0.250 e. The summed E-state index contributed by atoms with van der Waals surface area (Å²) in [7, 11) is 0. The van der Waals surface area contributed by atoms with Crippen LogP contribution in [0.4, 0.5) is 11.4 Å². The van der Waals surface area contributed by atoms with Crippen LogP contribution in [0.3, 0.4) is 0 Å². The van der Waals surface area contributed by atoms with Gasteiger partial charge in [-0.2, -0.15) is 0 Å². The highest BCUT2D eigenvalue weighted by Gasteiger charge is 2.70. The van der Waals surface area contributed by atoms with Gasteiger partial charge in [-0.15, -0.1) is 0 Å². The summed E-state index contributed by atoms with van der Waals surface area (Å²) in [5, 5.41) is 7.70. The fourth-order valence-corrected chi connectivity index (χ4v) is 7.32. The Bertz CT molecular complexity index is 1780. The number of H-pyrrole nitrogens is 1. The summed E-state index contributed by atoms with van der Waals surface area (Å²) in [6.45, 7) is 2.86. The third-order valence-electron chi connectivity index (χ3n) is 9.12. The summed E-state index contributed by atoms with van der Waals surface area (Å²) in [4.78, 5) is 47.3. The van der Waals surface area contributed by atoms with Crippen LogP contribution >= 0.6 is 0 Å². The lowest BCUT2D eigenvalue weighted by Crippen LogP contribution is -2.53. The lowest BCUT2D eigenvalue weighted by molar-refractivity contribution is -0.130. The van der Waals surface area contributed by atoms with Crippen LogP contribution in [-0.4, -0.2) is 42.0 Å². The van der Waals surface area contributed by atoms with E-state index in [-0.39, 0.29) is 11.8 Å². The average Bonchev–Trinajstić information content (AvgIpc) is 3.71. The van der Waals surface area contributed by atoms with Gasteiger partial charge in [0.25, 0.3) is 0 Å². The van der Waals surface area contributed by atoms with E-state index in [4.69, 9.17) is 9.47 Å². The van der Waals surface area contributed by atoms with Gasteiger partial charge in [0, 0.05) is 40.5 Å². The Morgan fingerprint density at radius 1 is 0.927 bits per heavy atom. The van der Waals surface area contributed by atoms with Crippen LogP contribution in [0.25, 0.3) is 10.9 Å². The third-order valence-corrected chi connectivity index (χ3v) is 9.12. The van der Waals surface area contributed by atoms with Gasteiger partial charge in [0.05, 0.1) is 17.5 Å². The predicted molar refractivity (Wildman–Crippen MR) is 152 cm³/mol. The number of carbonyl (C=O) groups excluding carboxylic acids is 3. The highest BCUT2D eigenvalue weighted by molar-refractivity contribution is 6.26. The number of amides is 3. The molecule has 0 saturated carbocycles. The van der Waals surface area contributed by atoms with Crippen molar-refractivity contribution in [3.63, 3.8) is 0 Å². The first-order chi connectivity index (χ1) is 20.0. The second-order valence-electron chi connectivity index (χ2n) is 11.1. The number of imide groups is 1. The molecule has 9 nitrogen and oxygen atoms in total. The maximum atomic E-state index is 14.4. The van der Waals surface area contributed by atoms with Crippen molar-refractivity contribution in [3.8, 4) is 11.5 Å². The van der Waals surface area contributed by atoms with Crippen molar-refractivity contribution in [2.45, 2.75) is 31.3 Å². The maximum absolute atomic E-state index is 14.4. The van der Waals surface area contributed by atoms with E-state index in [1.165, 1.54) is 4.90 Å². The van der Waals surface area contributed by atoms with Gasteiger partial charge < -0.3 is 19.8 Å². The number of aryl methyl sites for hydroxylation is 1. The molecule has 0 unspecified atom stereocenters. The number of ether oxygens (including phenoxy) is 2. The number of carbonyl (C=O) groups is 3. The zero-order valence-electron chi connectivity index (χ0n) is 22.4. The fraction of sp³-hybridized carbons (Fsp3) is 0.281. The van der Waals surface area contributed by atoms with E-state index in [0.29, 0.717) is 36.8 Å². The Balaban J connectivity index is 1.27. The lowest BCUT2D eigenvalue weighted by Gasteiger charge is -2.30. The van der Waals surface area contributed by atoms with Gasteiger partial charge in [0.1, 0.15) is 18.8 Å². The number of benzene rings is 3. The second kappa shape index (κ2) is 8.68. The Kier molecular flexibility index (Phi) is 5.12. The van der Waals surface area contributed by atoms with E-state index < -0.39 is 29.3 Å². The topological polar surface area (TPSA) is 113 Å². The highest BCUT2D eigenvalue weighted by atomic mass is 16.6. The molecule has 4 aliphatic rings. The van der Waals surface area contributed by atoms with Crippen molar-refractivity contribution in [1.82, 2.24) is 10.3 Å². The number of rotatable bonds is 4. The van der Waals surface area contributed by atoms with Gasteiger partial charge in [0.15, 0.2) is 11.5 Å². The molecule has 4 aromatic rings. The fourth-order valence-electron chi connectivity index (χ4n) is 7.32. The Morgan fingerprint density at radius 3 is 2.61 bits per heavy atom. The van der Waals surface area contributed by atoms with Gasteiger partial charge in [0.2, 0.25) is 17.7 Å². The largest absolute Gasteiger partial charge is 0.486 e. The minimum absolute atomic E-state index is 0.296. The van der Waals surface area contributed by atoms with Crippen molar-refractivity contribution in [2.24, 2.45) is 11.8 Å². The number of nitrogens with one attached hydrogen (secondary N) is 3. The molecule has 3 aromatic carbocycles. The molecule has 1 spiro atoms. The minimum Gasteiger partial charge on any atom is -0.486 e. The van der Waals surface area contributed by atoms with E-state index in [1.54, 1.807) is 18.2 Å². The van der Waals surface area contributed by atoms with Gasteiger partial charge in [-0.05, 0) is 42.2 Å². The first kappa shape index (κ1) is 24.2. The van der Waals surface area contributed by atoms with Gasteiger partial charge in [-0.25, -0.2) is 4.90 Å². The van der Waals surface area contributed by atoms with E-state index in [2.05, 4.69) is 15.6 Å². The summed E-state index contributed by atoms with van der Waals surface area (Å²) < 4.78 is 11.4. The van der Waals surface area contributed by atoms with Crippen molar-refractivity contribution in [1.29, 1.82) is 0 Å². The van der Waals surface area contributed by atoms with E-state index in [9.17, 15) is 14.4 Å². The smallest absolute Gasteiger partial charge is 0.250 e. The number of fused-ring (bicyclic) bond motifs is 6. The predicted octanol–water partition coefficient (Wildman–Crippen LogP) is 3.67. The second-order valence-corrected chi connectivity index (χ2v) is 11.1. The van der Waals surface area contributed by atoms with Crippen LogP contribution in [0.5, 0.6) is 11.5 Å².